The van der Waals surface area contributed by atoms with Crippen LogP contribution in [-0.2, 0) is 19.3 Å². The number of aromatic nitrogens is 6. The van der Waals surface area contributed by atoms with Gasteiger partial charge < -0.3 is 40.4 Å². The van der Waals surface area contributed by atoms with Crippen molar-refractivity contribution in [2.45, 2.75) is 19.3 Å². The number of nitrogens with zero attached hydrogens (tertiary/aromatic N) is 6. The number of carboxylic acid groups (broad SMARTS) is 1. The number of nitrogens with one attached hydrogen (secondary N) is 2. The van der Waals surface area contributed by atoms with Gasteiger partial charge in [0.1, 0.15) is 44.5 Å². The molecule has 3 aromatic heterocycles. The van der Waals surface area contributed by atoms with Gasteiger partial charge in [0.15, 0.2) is 0 Å². The summed E-state index contributed by atoms with van der Waals surface area (Å²) < 4.78 is 45.5. The van der Waals surface area contributed by atoms with E-state index in [-0.39, 0.29) is 57.9 Å². The van der Waals surface area contributed by atoms with Crippen LogP contribution < -0.4 is 35.3 Å². The largest absolute Gasteiger partial charge is 0.497 e. The van der Waals surface area contributed by atoms with Crippen LogP contribution in [0.5, 0.6) is 23.8 Å². The van der Waals surface area contributed by atoms with Gasteiger partial charge in [-0.2, -0.15) is 29.9 Å². The van der Waals surface area contributed by atoms with Crippen LogP contribution in [0.2, 0.25) is 15.5 Å². The fourth-order valence-electron chi connectivity index (χ4n) is 5.54. The molecule has 4 aromatic carbocycles. The average Bonchev–Trinajstić information content (AvgIpc) is 3.33. The Morgan fingerprint density at radius 2 is 1.01 bits per heavy atom. The summed E-state index contributed by atoms with van der Waals surface area (Å²) in [4.78, 5) is 35.1. The first-order chi connectivity index (χ1) is 32.3. The van der Waals surface area contributed by atoms with Gasteiger partial charge in [-0.3, -0.25) is 0 Å². The summed E-state index contributed by atoms with van der Waals surface area (Å²) in [5.41, 5.74) is 10.1. The topological polar surface area (TPSA) is 202 Å². The van der Waals surface area contributed by atoms with Gasteiger partial charge in [0.2, 0.25) is 0 Å². The molecule has 0 aliphatic carbocycles. The van der Waals surface area contributed by atoms with Crippen molar-refractivity contribution in [3.05, 3.63) is 165 Å². The smallest absolute Gasteiger partial charge is 0.335 e. The van der Waals surface area contributed by atoms with Gasteiger partial charge in [-0.15, -0.1) is 12.4 Å². The van der Waals surface area contributed by atoms with E-state index in [1.165, 1.54) is 63.3 Å². The minimum Gasteiger partial charge on any atom is -0.497 e. The first-order valence-corrected chi connectivity index (χ1v) is 21.3. The van der Waals surface area contributed by atoms with Gasteiger partial charge in [0.25, 0.3) is 0 Å². The molecule has 0 aliphatic rings. The van der Waals surface area contributed by atoms with E-state index in [0.29, 0.717) is 54.1 Å². The van der Waals surface area contributed by atoms with Crippen LogP contribution in [0, 0.1) is 11.6 Å². The molecule has 0 bridgehead atoms. The van der Waals surface area contributed by atoms with E-state index in [9.17, 15) is 13.6 Å². The lowest BCUT2D eigenvalue weighted by molar-refractivity contribution is 0.0697. The van der Waals surface area contributed by atoms with Crippen molar-refractivity contribution in [3.8, 4) is 35.0 Å². The minimum atomic E-state index is -1.00. The van der Waals surface area contributed by atoms with Crippen LogP contribution >= 0.6 is 47.2 Å². The molecule has 0 atom stereocenters. The van der Waals surface area contributed by atoms with E-state index in [1.807, 2.05) is 24.3 Å². The molecule has 3 heterocycles. The number of rotatable bonds is 16. The third kappa shape index (κ3) is 20.1. The monoisotopic (exact) mass is 1010 g/mol. The molecule has 0 amide bonds. The van der Waals surface area contributed by atoms with E-state index < -0.39 is 5.97 Å². The standard InChI is InChI=1S/C20H18FN3O3.C13H13ClFN3O.C9H13NO.C5H4Cl2N2O.ClH/c1-27-20-23-17(14-3-2-4-15(11-14)19(25)26)12-18(24-20)22-10-9-13-5-7-16(21)8-6-13;1-19-13-17-11(14)8-12(18-13)16-7-6-9-2-4-10(15)5-3-9;1-11-9-4-2-8(3-5-9)6-7-10;1-10-5-8-3(6)2-4(7)9-5;/h2-8,11-12H,9-10H2,1H3,(H,25,26)(H,22,23,24);2-5,8H,6-7H2,1H3,(H,16,17,18);2-5H,6-7,10H2,1H3;2H,1H3;1H. The normalized spacial score (nSPS) is 9.97. The summed E-state index contributed by atoms with van der Waals surface area (Å²) in [6.45, 7) is 1.94. The zero-order valence-electron chi connectivity index (χ0n) is 37.3. The second-order valence-corrected chi connectivity index (χ2v) is 14.7. The average molecular weight is 1020 g/mol. The van der Waals surface area contributed by atoms with Gasteiger partial charge in [0.05, 0.1) is 39.7 Å². The predicted molar refractivity (Wildman–Crippen MR) is 263 cm³/mol. The zero-order chi connectivity index (χ0) is 48.6. The SMILES string of the molecule is COc1ccc(CCN)cc1.COc1nc(Cl)cc(Cl)n1.COc1nc(Cl)cc(NCCc2ccc(F)cc2)n1.COc1nc(NCCc2ccc(F)cc2)cc(-c2cccc(C(=O)O)c2)n1.Cl. The lowest BCUT2D eigenvalue weighted by Crippen LogP contribution is -2.08. The Labute approximate surface area is 413 Å². The molecule has 360 valence electrons. The number of aromatic carboxylic acids is 1. The van der Waals surface area contributed by atoms with E-state index in [0.717, 1.165) is 29.7 Å². The van der Waals surface area contributed by atoms with Crippen molar-refractivity contribution < 1.29 is 37.6 Å². The van der Waals surface area contributed by atoms with Crippen molar-refractivity contribution in [1.29, 1.82) is 0 Å². The predicted octanol–water partition coefficient (Wildman–Crippen LogP) is 9.99. The number of halogens is 6. The number of methoxy groups -OCH3 is 4. The molecule has 0 radical (unpaired) electrons. The molecule has 0 saturated carbocycles. The third-order valence-corrected chi connectivity index (χ3v) is 9.42. The number of hydrogen-bond acceptors (Lipinski definition) is 14. The van der Waals surface area contributed by atoms with E-state index >= 15 is 0 Å². The van der Waals surface area contributed by atoms with Crippen LogP contribution in [-0.4, -0.2) is 89.1 Å². The van der Waals surface area contributed by atoms with Crippen LogP contribution in [0.15, 0.2) is 115 Å². The first kappa shape index (κ1) is 55.7. The van der Waals surface area contributed by atoms with E-state index in [4.69, 9.17) is 59.9 Å². The molecule has 7 aromatic rings. The molecular weight excluding hydrogens is 966 g/mol. The molecule has 0 spiro atoms. The quantitative estimate of drug-likeness (QED) is 0.0666. The number of nitrogens with two attached hydrogens (primary N) is 1. The minimum absolute atomic E-state index is 0. The van der Waals surface area contributed by atoms with Gasteiger partial charge in [-0.25, -0.2) is 13.6 Å². The second-order valence-electron chi connectivity index (χ2n) is 13.6. The van der Waals surface area contributed by atoms with E-state index in [1.54, 1.807) is 61.7 Å². The molecule has 0 fully saturated rings. The Bertz CT molecular complexity index is 2590. The fourth-order valence-corrected chi connectivity index (χ4v) is 6.12. The molecule has 0 aliphatic heterocycles. The number of hydrogen-bond donors (Lipinski definition) is 4. The molecule has 5 N–H and O–H groups in total. The summed E-state index contributed by atoms with van der Waals surface area (Å²) in [5, 5.41) is 16.3. The van der Waals surface area contributed by atoms with Crippen molar-refractivity contribution >= 4 is 64.8 Å². The molecule has 0 saturated heterocycles. The number of benzene rings is 4. The summed E-state index contributed by atoms with van der Waals surface area (Å²) in [6, 6.07) is 32.6. The maximum Gasteiger partial charge on any atom is 0.335 e. The Hall–Kier alpha value is -6.63. The first-order valence-electron chi connectivity index (χ1n) is 20.2. The van der Waals surface area contributed by atoms with Crippen molar-refractivity contribution in [2.75, 3.05) is 58.7 Å². The molecule has 0 unspecified atom stereocenters. The van der Waals surface area contributed by atoms with Gasteiger partial charge in [-0.05, 0) is 91.0 Å². The Morgan fingerprint density at radius 1 is 0.574 bits per heavy atom. The molecule has 21 heteroatoms. The highest BCUT2D eigenvalue weighted by Gasteiger charge is 2.10. The van der Waals surface area contributed by atoms with Gasteiger partial charge in [-0.1, -0.05) is 83.3 Å². The Balaban J connectivity index is 0.000000259. The summed E-state index contributed by atoms with van der Waals surface area (Å²) in [7, 11) is 6.06. The highest BCUT2D eigenvalue weighted by molar-refractivity contribution is 6.33. The van der Waals surface area contributed by atoms with Crippen molar-refractivity contribution in [1.82, 2.24) is 29.9 Å². The number of ether oxygens (including phenoxy) is 4. The number of carbonyl (C=O) groups is 1. The summed E-state index contributed by atoms with van der Waals surface area (Å²) in [6.07, 6.45) is 2.38. The lowest BCUT2D eigenvalue weighted by Gasteiger charge is -2.10. The Morgan fingerprint density at radius 3 is 1.49 bits per heavy atom. The summed E-state index contributed by atoms with van der Waals surface area (Å²) >= 11 is 16.9. The van der Waals surface area contributed by atoms with Gasteiger partial charge in [0, 0.05) is 36.9 Å². The number of carboxylic acids is 1. The second kappa shape index (κ2) is 29.9. The van der Waals surface area contributed by atoms with Crippen LogP contribution in [0.4, 0.5) is 20.4 Å². The third-order valence-electron chi connectivity index (χ3n) is 8.83. The lowest BCUT2D eigenvalue weighted by atomic mass is 10.1. The molecular formula is C47H49Cl4F2N9O6. The highest BCUT2D eigenvalue weighted by Crippen LogP contribution is 2.24. The maximum absolute atomic E-state index is 13.0. The molecule has 7 rings (SSSR count). The maximum atomic E-state index is 13.0. The van der Waals surface area contributed by atoms with Crippen LogP contribution in [0.25, 0.3) is 11.3 Å². The van der Waals surface area contributed by atoms with Gasteiger partial charge >= 0.3 is 24.0 Å². The Kier molecular flexibility index (Phi) is 24.5. The van der Waals surface area contributed by atoms with Crippen LogP contribution in [0.1, 0.15) is 27.0 Å². The fraction of sp³-hybridized carbons (Fsp3) is 0.213. The zero-order valence-corrected chi connectivity index (χ0v) is 40.3. The van der Waals surface area contributed by atoms with Crippen molar-refractivity contribution in [2.24, 2.45) is 5.73 Å². The molecule has 15 nitrogen and oxygen atoms in total. The number of anilines is 2. The van der Waals surface area contributed by atoms with Crippen LogP contribution in [0.3, 0.4) is 0 Å². The molecule has 68 heavy (non-hydrogen) atoms. The summed E-state index contributed by atoms with van der Waals surface area (Å²) in [5.74, 6) is 0.546. The van der Waals surface area contributed by atoms with E-state index in [2.05, 4.69) is 45.3 Å². The van der Waals surface area contributed by atoms with Crippen molar-refractivity contribution in [3.63, 3.8) is 0 Å². The highest BCUT2D eigenvalue weighted by atomic mass is 35.5.